The highest BCUT2D eigenvalue weighted by Crippen LogP contribution is 2.38. The molecular formula is C39H35ClN2O7S. The van der Waals surface area contributed by atoms with Gasteiger partial charge in [-0.05, 0) is 73.0 Å². The molecule has 0 unspecified atom stereocenters. The third-order valence-electron chi connectivity index (χ3n) is 7.97. The molecule has 0 aliphatic carbocycles. The van der Waals surface area contributed by atoms with E-state index in [0.29, 0.717) is 67.4 Å². The number of aromatic nitrogens is 1. The molecule has 1 aromatic heterocycles. The van der Waals surface area contributed by atoms with Gasteiger partial charge in [-0.25, -0.2) is 9.79 Å². The molecular weight excluding hydrogens is 676 g/mol. The second-order valence-corrected chi connectivity index (χ2v) is 12.5. The Bertz CT molecular complexity index is 2230. The number of esters is 1. The lowest BCUT2D eigenvalue weighted by Gasteiger charge is -2.26. The third kappa shape index (κ3) is 7.17. The van der Waals surface area contributed by atoms with Crippen LogP contribution in [-0.2, 0) is 16.1 Å². The van der Waals surface area contributed by atoms with Crippen LogP contribution in [0, 0.1) is 0 Å². The molecule has 11 heteroatoms. The number of fused-ring (bicyclic) bond motifs is 1. The Hall–Kier alpha value is -5.32. The Morgan fingerprint density at radius 3 is 2.30 bits per heavy atom. The lowest BCUT2D eigenvalue weighted by atomic mass is 9.93. The van der Waals surface area contributed by atoms with E-state index < -0.39 is 12.0 Å². The van der Waals surface area contributed by atoms with Crippen LogP contribution in [0.15, 0.2) is 106 Å². The van der Waals surface area contributed by atoms with Crippen LogP contribution in [0.5, 0.6) is 23.0 Å². The number of halogens is 1. The molecule has 9 nitrogen and oxygen atoms in total. The predicted octanol–water partition coefficient (Wildman–Crippen LogP) is 6.58. The van der Waals surface area contributed by atoms with Gasteiger partial charge in [-0.3, -0.25) is 9.36 Å². The maximum Gasteiger partial charge on any atom is 0.338 e. The molecule has 0 saturated carbocycles. The Labute approximate surface area is 298 Å². The highest BCUT2D eigenvalue weighted by Gasteiger charge is 2.35. The molecule has 0 spiro atoms. The van der Waals surface area contributed by atoms with E-state index in [9.17, 15) is 9.59 Å². The van der Waals surface area contributed by atoms with E-state index in [0.717, 1.165) is 11.1 Å². The molecule has 0 N–H and O–H groups in total. The first-order valence-corrected chi connectivity index (χ1v) is 17.2. The van der Waals surface area contributed by atoms with Gasteiger partial charge in [0.25, 0.3) is 5.56 Å². The molecule has 1 aliphatic rings. The van der Waals surface area contributed by atoms with Gasteiger partial charge in [-0.2, -0.15) is 0 Å². The quantitative estimate of drug-likeness (QED) is 0.135. The number of carbonyl (C=O) groups excluding carboxylic acids is 1. The zero-order chi connectivity index (χ0) is 35.2. The van der Waals surface area contributed by atoms with Crippen molar-refractivity contribution >= 4 is 40.7 Å². The van der Waals surface area contributed by atoms with Crippen LogP contribution in [0.3, 0.4) is 0 Å². The Morgan fingerprint density at radius 2 is 1.60 bits per heavy atom. The summed E-state index contributed by atoms with van der Waals surface area (Å²) in [6, 6.07) is 26.8. The van der Waals surface area contributed by atoms with Gasteiger partial charge in [0.15, 0.2) is 27.8 Å². The number of carbonyl (C=O) groups is 1. The average Bonchev–Trinajstić information content (AvgIpc) is 3.45. The van der Waals surface area contributed by atoms with Crippen molar-refractivity contribution in [2.75, 3.05) is 27.4 Å². The molecule has 0 bridgehead atoms. The maximum atomic E-state index is 14.4. The molecule has 0 saturated heterocycles. The summed E-state index contributed by atoms with van der Waals surface area (Å²) in [4.78, 5) is 33.6. The average molecular weight is 711 g/mol. The van der Waals surface area contributed by atoms with E-state index in [2.05, 4.69) is 0 Å². The van der Waals surface area contributed by atoms with E-state index in [4.69, 9.17) is 40.3 Å². The smallest absolute Gasteiger partial charge is 0.338 e. The van der Waals surface area contributed by atoms with Crippen LogP contribution < -0.4 is 33.8 Å². The number of thiazole rings is 1. The molecule has 50 heavy (non-hydrogen) atoms. The molecule has 0 amide bonds. The molecule has 1 aliphatic heterocycles. The van der Waals surface area contributed by atoms with Crippen LogP contribution in [0.25, 0.3) is 11.8 Å². The summed E-state index contributed by atoms with van der Waals surface area (Å²) >= 11 is 7.26. The lowest BCUT2D eigenvalue weighted by molar-refractivity contribution is -0.138. The van der Waals surface area contributed by atoms with Crippen molar-refractivity contribution < 1.29 is 28.5 Å². The second kappa shape index (κ2) is 15.5. The first-order chi connectivity index (χ1) is 24.3. The molecule has 2 heterocycles. The molecule has 4 aromatic carbocycles. The number of nitrogens with zero attached hydrogens (tertiary/aromatic N) is 2. The first-order valence-electron chi connectivity index (χ1n) is 16.0. The van der Waals surface area contributed by atoms with Gasteiger partial charge < -0.3 is 23.7 Å². The number of rotatable bonds is 12. The standard InChI is InChI=1S/C39H35ClN2O7S/c1-5-47-32-20-25(14-18-30(32)49-23-24-12-16-28(40)17-13-24)21-33-37(43)42-36(27-15-19-29(45-3)31(22-27)46-4)34(38(44)48-6-2)35(41-39(42)50-33)26-10-8-7-9-11-26/h7-22,36H,5-6,23H2,1-4H3/b33-21-/t36-/m1/s1. The number of hydrogen-bond acceptors (Lipinski definition) is 9. The molecule has 0 fully saturated rings. The second-order valence-electron chi connectivity index (χ2n) is 11.1. The Balaban J connectivity index is 1.50. The van der Waals surface area contributed by atoms with Crippen molar-refractivity contribution in [3.8, 4) is 23.0 Å². The van der Waals surface area contributed by atoms with Crippen molar-refractivity contribution in [2.24, 2.45) is 4.99 Å². The number of hydrogen-bond donors (Lipinski definition) is 0. The summed E-state index contributed by atoms with van der Waals surface area (Å²) in [5.41, 5.74) is 3.39. The Kier molecular flexibility index (Phi) is 10.7. The van der Waals surface area contributed by atoms with Crippen LogP contribution in [-0.4, -0.2) is 38.0 Å². The number of benzene rings is 4. The van der Waals surface area contributed by atoms with Gasteiger partial charge >= 0.3 is 5.97 Å². The van der Waals surface area contributed by atoms with Crippen LogP contribution in [0.2, 0.25) is 5.02 Å². The van der Waals surface area contributed by atoms with Crippen molar-refractivity contribution in [2.45, 2.75) is 26.5 Å². The zero-order valence-electron chi connectivity index (χ0n) is 28.0. The fraction of sp³-hybridized carbons (Fsp3) is 0.205. The lowest BCUT2D eigenvalue weighted by Crippen LogP contribution is -2.40. The van der Waals surface area contributed by atoms with Gasteiger partial charge in [-0.1, -0.05) is 77.5 Å². The van der Waals surface area contributed by atoms with Crippen molar-refractivity contribution in [1.82, 2.24) is 4.57 Å². The van der Waals surface area contributed by atoms with E-state index in [1.165, 1.54) is 18.4 Å². The first kappa shape index (κ1) is 34.5. The minimum atomic E-state index is -0.870. The van der Waals surface area contributed by atoms with Gasteiger partial charge in [-0.15, -0.1) is 0 Å². The molecule has 5 aromatic rings. The Morgan fingerprint density at radius 1 is 0.860 bits per heavy atom. The minimum absolute atomic E-state index is 0.148. The van der Waals surface area contributed by atoms with Gasteiger partial charge in [0, 0.05) is 10.6 Å². The van der Waals surface area contributed by atoms with Crippen molar-refractivity contribution in [3.63, 3.8) is 0 Å². The van der Waals surface area contributed by atoms with Crippen LogP contribution in [0.1, 0.15) is 42.1 Å². The molecule has 6 rings (SSSR count). The predicted molar refractivity (Wildman–Crippen MR) is 194 cm³/mol. The topological polar surface area (TPSA) is 97.6 Å². The summed E-state index contributed by atoms with van der Waals surface area (Å²) in [5.74, 6) is 1.51. The molecule has 0 radical (unpaired) electrons. The third-order valence-corrected chi connectivity index (χ3v) is 9.20. The highest BCUT2D eigenvalue weighted by atomic mass is 35.5. The number of ether oxygens (including phenoxy) is 5. The normalized spacial score (nSPS) is 14.1. The van der Waals surface area contributed by atoms with Crippen molar-refractivity contribution in [3.05, 3.63) is 144 Å². The summed E-state index contributed by atoms with van der Waals surface area (Å²) in [6.07, 6.45) is 1.79. The van der Waals surface area contributed by atoms with Crippen LogP contribution in [0.4, 0.5) is 0 Å². The van der Waals surface area contributed by atoms with E-state index >= 15 is 0 Å². The van der Waals surface area contributed by atoms with E-state index in [1.807, 2.05) is 85.8 Å². The van der Waals surface area contributed by atoms with E-state index in [-0.39, 0.29) is 17.7 Å². The zero-order valence-corrected chi connectivity index (χ0v) is 29.5. The monoisotopic (exact) mass is 710 g/mol. The summed E-state index contributed by atoms with van der Waals surface area (Å²) in [6.45, 7) is 4.54. The summed E-state index contributed by atoms with van der Waals surface area (Å²) in [5, 5.41) is 0.654. The highest BCUT2D eigenvalue weighted by molar-refractivity contribution is 7.07. The van der Waals surface area contributed by atoms with Gasteiger partial charge in [0.1, 0.15) is 6.61 Å². The van der Waals surface area contributed by atoms with E-state index in [1.54, 1.807) is 36.8 Å². The van der Waals surface area contributed by atoms with Crippen molar-refractivity contribution in [1.29, 1.82) is 0 Å². The maximum absolute atomic E-state index is 14.4. The fourth-order valence-corrected chi connectivity index (χ4v) is 6.80. The van der Waals surface area contributed by atoms with Crippen LogP contribution >= 0.6 is 22.9 Å². The van der Waals surface area contributed by atoms with Gasteiger partial charge in [0.05, 0.1) is 49.3 Å². The minimum Gasteiger partial charge on any atom is -0.493 e. The molecule has 256 valence electrons. The summed E-state index contributed by atoms with van der Waals surface area (Å²) in [7, 11) is 3.09. The fourth-order valence-electron chi connectivity index (χ4n) is 5.67. The SMILES string of the molecule is CCOC(=O)C1=C(c2ccccc2)N=c2s/c(=C\c3ccc(OCc4ccc(Cl)cc4)c(OCC)c3)c(=O)n2[C@@H]1c1ccc(OC)c(OC)c1. The summed E-state index contributed by atoms with van der Waals surface area (Å²) < 4.78 is 30.7. The number of methoxy groups -OCH3 is 2. The largest absolute Gasteiger partial charge is 0.493 e. The van der Waals surface area contributed by atoms with Gasteiger partial charge in [0.2, 0.25) is 0 Å². The molecule has 1 atom stereocenters.